The zero-order valence-electron chi connectivity index (χ0n) is 16.0. The maximum absolute atomic E-state index is 6.28. The molecule has 0 bridgehead atoms. The quantitative estimate of drug-likeness (QED) is 0.443. The summed E-state index contributed by atoms with van der Waals surface area (Å²) < 4.78 is 6.28. The van der Waals surface area contributed by atoms with E-state index in [1.165, 1.54) is 44.2 Å². The highest BCUT2D eigenvalue weighted by Crippen LogP contribution is 2.39. The molecule has 0 unspecified atom stereocenters. The standard InChI is InChI=1S/C26H23NO/c1-17-6-15-23-22-4-2-3-5-24(22)28-26(23)25(17)21-13-11-20(12-14-21)19-9-7-18(16-27)8-10-19/h2-11,13,15H,12,14,16,27H2,1H3. The monoisotopic (exact) mass is 365 g/mol. The van der Waals surface area contributed by atoms with Crippen molar-refractivity contribution in [1.82, 2.24) is 0 Å². The van der Waals surface area contributed by atoms with E-state index in [9.17, 15) is 0 Å². The van der Waals surface area contributed by atoms with Gasteiger partial charge >= 0.3 is 0 Å². The molecule has 138 valence electrons. The lowest BCUT2D eigenvalue weighted by atomic mass is 9.87. The first kappa shape index (κ1) is 17.0. The second-order valence-corrected chi connectivity index (χ2v) is 7.52. The van der Waals surface area contributed by atoms with Crippen molar-refractivity contribution in [1.29, 1.82) is 0 Å². The van der Waals surface area contributed by atoms with Gasteiger partial charge in [0.15, 0.2) is 0 Å². The summed E-state index contributed by atoms with van der Waals surface area (Å²) in [5.41, 5.74) is 15.4. The normalized spacial score (nSPS) is 14.4. The Kier molecular flexibility index (Phi) is 4.14. The van der Waals surface area contributed by atoms with Crippen molar-refractivity contribution in [3.63, 3.8) is 0 Å². The van der Waals surface area contributed by atoms with Crippen molar-refractivity contribution in [3.8, 4) is 0 Å². The molecule has 0 atom stereocenters. The molecule has 1 aromatic heterocycles. The molecule has 1 aliphatic carbocycles. The minimum absolute atomic E-state index is 0.587. The molecule has 2 nitrogen and oxygen atoms in total. The van der Waals surface area contributed by atoms with Crippen LogP contribution in [0.25, 0.3) is 33.1 Å². The number of benzene rings is 3. The van der Waals surface area contributed by atoms with Crippen LogP contribution in [0.15, 0.2) is 77.2 Å². The zero-order valence-corrected chi connectivity index (χ0v) is 16.0. The van der Waals surface area contributed by atoms with Crippen molar-refractivity contribution in [2.75, 3.05) is 0 Å². The summed E-state index contributed by atoms with van der Waals surface area (Å²) in [6, 6.07) is 21.3. The van der Waals surface area contributed by atoms with Gasteiger partial charge in [-0.05, 0) is 53.7 Å². The number of para-hydroxylation sites is 1. The van der Waals surface area contributed by atoms with E-state index in [0.29, 0.717) is 6.54 Å². The lowest BCUT2D eigenvalue weighted by Gasteiger charge is -2.17. The predicted molar refractivity (Wildman–Crippen MR) is 118 cm³/mol. The Bertz CT molecular complexity index is 1240. The van der Waals surface area contributed by atoms with Crippen molar-refractivity contribution in [3.05, 3.63) is 95.1 Å². The summed E-state index contributed by atoms with van der Waals surface area (Å²) in [6.45, 7) is 2.76. The van der Waals surface area contributed by atoms with Crippen LogP contribution in [-0.2, 0) is 6.54 Å². The highest BCUT2D eigenvalue weighted by atomic mass is 16.3. The third-order valence-electron chi connectivity index (χ3n) is 5.79. The molecule has 28 heavy (non-hydrogen) atoms. The molecule has 0 aliphatic heterocycles. The molecule has 3 aromatic carbocycles. The van der Waals surface area contributed by atoms with E-state index in [1.54, 1.807) is 0 Å². The van der Waals surface area contributed by atoms with Crippen LogP contribution >= 0.6 is 0 Å². The van der Waals surface area contributed by atoms with Crippen LogP contribution in [0, 0.1) is 6.92 Å². The highest BCUT2D eigenvalue weighted by Gasteiger charge is 2.18. The van der Waals surface area contributed by atoms with E-state index in [0.717, 1.165) is 24.0 Å². The first-order valence-corrected chi connectivity index (χ1v) is 9.85. The second kappa shape index (κ2) is 6.81. The topological polar surface area (TPSA) is 39.2 Å². The Morgan fingerprint density at radius 2 is 1.57 bits per heavy atom. The van der Waals surface area contributed by atoms with E-state index in [4.69, 9.17) is 10.2 Å². The van der Waals surface area contributed by atoms with Gasteiger partial charge in [-0.15, -0.1) is 0 Å². The van der Waals surface area contributed by atoms with Crippen molar-refractivity contribution >= 4 is 33.1 Å². The van der Waals surface area contributed by atoms with Crippen LogP contribution in [0.2, 0.25) is 0 Å². The average Bonchev–Trinajstić information content (AvgIpc) is 3.12. The van der Waals surface area contributed by atoms with Gasteiger partial charge in [-0.3, -0.25) is 0 Å². The molecule has 5 rings (SSSR count). The first-order valence-electron chi connectivity index (χ1n) is 9.85. The van der Waals surface area contributed by atoms with E-state index in [2.05, 4.69) is 67.6 Å². The highest BCUT2D eigenvalue weighted by molar-refractivity contribution is 6.08. The third kappa shape index (κ3) is 2.78. The summed E-state index contributed by atoms with van der Waals surface area (Å²) in [4.78, 5) is 0. The van der Waals surface area contributed by atoms with E-state index < -0.39 is 0 Å². The minimum Gasteiger partial charge on any atom is -0.455 e. The number of nitrogens with two attached hydrogens (primary N) is 1. The van der Waals surface area contributed by atoms with Gasteiger partial charge in [-0.25, -0.2) is 0 Å². The van der Waals surface area contributed by atoms with Gasteiger partial charge < -0.3 is 10.2 Å². The molecule has 0 spiro atoms. The Labute approximate surface area is 165 Å². The van der Waals surface area contributed by atoms with Crippen LogP contribution in [-0.4, -0.2) is 0 Å². The molecular weight excluding hydrogens is 342 g/mol. The molecular formula is C26H23NO. The van der Waals surface area contributed by atoms with Crippen molar-refractivity contribution in [2.24, 2.45) is 5.73 Å². The Balaban J connectivity index is 1.59. The summed E-state index contributed by atoms with van der Waals surface area (Å²) in [6.07, 6.45) is 6.58. The molecule has 2 heteroatoms. The van der Waals surface area contributed by atoms with Gasteiger partial charge in [0.2, 0.25) is 0 Å². The SMILES string of the molecule is Cc1ccc2c(oc3ccccc32)c1C1=CC=C(c2ccc(CN)cc2)CC1. The summed E-state index contributed by atoms with van der Waals surface area (Å²) >= 11 is 0. The van der Waals surface area contributed by atoms with Crippen LogP contribution in [0.1, 0.15) is 35.1 Å². The van der Waals surface area contributed by atoms with Gasteiger partial charge in [0, 0.05) is 22.9 Å². The fraction of sp³-hybridized carbons (Fsp3) is 0.154. The third-order valence-corrected chi connectivity index (χ3v) is 5.79. The fourth-order valence-corrected chi connectivity index (χ4v) is 4.23. The predicted octanol–water partition coefficient (Wildman–Crippen LogP) is 6.61. The second-order valence-electron chi connectivity index (χ2n) is 7.52. The molecule has 0 fully saturated rings. The zero-order chi connectivity index (χ0) is 19.1. The van der Waals surface area contributed by atoms with E-state index in [-0.39, 0.29) is 0 Å². The van der Waals surface area contributed by atoms with E-state index >= 15 is 0 Å². The van der Waals surface area contributed by atoms with Gasteiger partial charge in [-0.1, -0.05) is 66.7 Å². The Hall–Kier alpha value is -3.10. The number of hydrogen-bond acceptors (Lipinski definition) is 2. The van der Waals surface area contributed by atoms with E-state index in [1.807, 2.05) is 12.1 Å². The molecule has 2 N–H and O–H groups in total. The maximum Gasteiger partial charge on any atom is 0.143 e. The van der Waals surface area contributed by atoms with Crippen LogP contribution in [0.4, 0.5) is 0 Å². The molecule has 0 amide bonds. The number of hydrogen-bond donors (Lipinski definition) is 1. The molecule has 1 heterocycles. The Morgan fingerprint density at radius 3 is 2.32 bits per heavy atom. The van der Waals surface area contributed by atoms with Crippen LogP contribution < -0.4 is 5.73 Å². The fourth-order valence-electron chi connectivity index (χ4n) is 4.23. The maximum atomic E-state index is 6.28. The summed E-state index contributed by atoms with van der Waals surface area (Å²) in [5.74, 6) is 0. The molecule has 4 aromatic rings. The van der Waals surface area contributed by atoms with Gasteiger partial charge in [0.1, 0.15) is 11.2 Å². The number of rotatable bonds is 3. The molecule has 0 saturated carbocycles. The van der Waals surface area contributed by atoms with Crippen LogP contribution in [0.5, 0.6) is 0 Å². The van der Waals surface area contributed by atoms with Crippen molar-refractivity contribution < 1.29 is 4.42 Å². The average molecular weight is 365 g/mol. The van der Waals surface area contributed by atoms with Gasteiger partial charge in [0.25, 0.3) is 0 Å². The minimum atomic E-state index is 0.587. The van der Waals surface area contributed by atoms with Crippen LogP contribution in [0.3, 0.4) is 0 Å². The molecule has 0 saturated heterocycles. The number of furan rings is 1. The van der Waals surface area contributed by atoms with Gasteiger partial charge in [0.05, 0.1) is 0 Å². The summed E-state index contributed by atoms with van der Waals surface area (Å²) in [7, 11) is 0. The number of aryl methyl sites for hydroxylation is 1. The number of allylic oxidation sites excluding steroid dienone is 4. The number of fused-ring (bicyclic) bond motifs is 3. The molecule has 0 radical (unpaired) electrons. The van der Waals surface area contributed by atoms with Crippen molar-refractivity contribution in [2.45, 2.75) is 26.3 Å². The Morgan fingerprint density at radius 1 is 0.821 bits per heavy atom. The summed E-state index contributed by atoms with van der Waals surface area (Å²) in [5, 5.41) is 2.38. The lowest BCUT2D eigenvalue weighted by Crippen LogP contribution is -1.98. The lowest BCUT2D eigenvalue weighted by molar-refractivity contribution is 0.667. The molecule has 1 aliphatic rings. The first-order chi connectivity index (χ1) is 13.7. The largest absolute Gasteiger partial charge is 0.455 e. The smallest absolute Gasteiger partial charge is 0.143 e. The van der Waals surface area contributed by atoms with Gasteiger partial charge in [-0.2, -0.15) is 0 Å².